The van der Waals surface area contributed by atoms with E-state index < -0.39 is 6.09 Å². The third-order valence-corrected chi connectivity index (χ3v) is 4.78. The van der Waals surface area contributed by atoms with Crippen LogP contribution in [0.3, 0.4) is 0 Å². The maximum absolute atomic E-state index is 11.6. The van der Waals surface area contributed by atoms with Crippen LogP contribution in [0.1, 0.15) is 46.3 Å². The summed E-state index contributed by atoms with van der Waals surface area (Å²) in [5.74, 6) is 12.2. The lowest BCUT2D eigenvalue weighted by Gasteiger charge is -2.11. The Hall–Kier alpha value is -3.96. The van der Waals surface area contributed by atoms with Crippen molar-refractivity contribution in [3.63, 3.8) is 0 Å². The molecule has 1 N–H and O–H groups in total. The number of carbonyl (C=O) groups is 2. The van der Waals surface area contributed by atoms with E-state index in [0.717, 1.165) is 41.5 Å². The van der Waals surface area contributed by atoms with Crippen molar-refractivity contribution in [2.24, 2.45) is 0 Å². The molecular formula is C26H23NO4. The van der Waals surface area contributed by atoms with Gasteiger partial charge in [-0.3, -0.25) is 0 Å². The average Bonchev–Trinajstić information content (AvgIpc) is 3.29. The molecule has 0 bridgehead atoms. The molecule has 0 aliphatic carbocycles. The lowest BCUT2D eigenvalue weighted by Crippen LogP contribution is -2.26. The molecule has 1 heterocycles. The number of methoxy groups -OCH3 is 1. The van der Waals surface area contributed by atoms with Gasteiger partial charge in [-0.2, -0.15) is 0 Å². The predicted molar refractivity (Wildman–Crippen MR) is 119 cm³/mol. The number of hydrogen-bond acceptors (Lipinski definition) is 3. The quantitative estimate of drug-likeness (QED) is 0.458. The number of ether oxygens (including phenoxy) is 1. The normalized spacial score (nSPS) is 12.2. The molecule has 0 radical (unpaired) electrons. The van der Waals surface area contributed by atoms with Gasteiger partial charge in [-0.05, 0) is 47.9 Å². The molecule has 0 saturated carbocycles. The number of benzene rings is 2. The Morgan fingerprint density at radius 2 is 1.71 bits per heavy atom. The van der Waals surface area contributed by atoms with E-state index in [-0.39, 0.29) is 5.97 Å². The van der Waals surface area contributed by atoms with Crippen LogP contribution in [0.25, 0.3) is 5.57 Å². The molecule has 0 aromatic heterocycles. The maximum atomic E-state index is 11.6. The summed E-state index contributed by atoms with van der Waals surface area (Å²) in [6, 6.07) is 14.9. The number of esters is 1. The van der Waals surface area contributed by atoms with Gasteiger partial charge in [0.1, 0.15) is 0 Å². The molecule has 2 aromatic rings. The van der Waals surface area contributed by atoms with Gasteiger partial charge in [0.2, 0.25) is 0 Å². The predicted octanol–water partition coefficient (Wildman–Crippen LogP) is 4.42. The van der Waals surface area contributed by atoms with E-state index in [4.69, 9.17) is 9.84 Å². The first kappa shape index (κ1) is 21.7. The van der Waals surface area contributed by atoms with E-state index in [1.165, 1.54) is 12.0 Å². The molecule has 0 atom stereocenters. The zero-order valence-corrected chi connectivity index (χ0v) is 17.4. The highest BCUT2D eigenvalue weighted by molar-refractivity contribution is 5.89. The van der Waals surface area contributed by atoms with Crippen molar-refractivity contribution in [2.75, 3.05) is 20.2 Å². The van der Waals surface area contributed by atoms with Crippen LogP contribution < -0.4 is 0 Å². The lowest BCUT2D eigenvalue weighted by atomic mass is 10.0. The van der Waals surface area contributed by atoms with Crippen LogP contribution in [0.15, 0.2) is 54.6 Å². The van der Waals surface area contributed by atoms with E-state index in [0.29, 0.717) is 18.7 Å². The second kappa shape index (κ2) is 10.7. The van der Waals surface area contributed by atoms with Crippen molar-refractivity contribution >= 4 is 17.6 Å². The van der Waals surface area contributed by atoms with Gasteiger partial charge in [0.25, 0.3) is 0 Å². The molecule has 2 aromatic carbocycles. The first-order chi connectivity index (χ1) is 15.1. The van der Waals surface area contributed by atoms with Gasteiger partial charge in [0.15, 0.2) is 0 Å². The summed E-state index contributed by atoms with van der Waals surface area (Å²) in [4.78, 5) is 24.0. The smallest absolute Gasteiger partial charge is 0.407 e. The largest absolute Gasteiger partial charge is 0.465 e. The summed E-state index contributed by atoms with van der Waals surface area (Å²) in [6.45, 7) is 0.835. The fourth-order valence-corrected chi connectivity index (χ4v) is 3.14. The lowest BCUT2D eigenvalue weighted by molar-refractivity contribution is 0.0600. The second-order valence-electron chi connectivity index (χ2n) is 7.00. The minimum Gasteiger partial charge on any atom is -0.465 e. The van der Waals surface area contributed by atoms with Gasteiger partial charge in [0, 0.05) is 37.1 Å². The summed E-state index contributed by atoms with van der Waals surface area (Å²) >= 11 is 0. The van der Waals surface area contributed by atoms with Gasteiger partial charge >= 0.3 is 12.1 Å². The Morgan fingerprint density at radius 1 is 1.03 bits per heavy atom. The second-order valence-corrected chi connectivity index (χ2v) is 7.00. The third kappa shape index (κ3) is 6.26. The third-order valence-electron chi connectivity index (χ3n) is 4.78. The first-order valence-corrected chi connectivity index (χ1v) is 10.0. The van der Waals surface area contributed by atoms with Crippen LogP contribution in [-0.4, -0.2) is 42.3 Å². The summed E-state index contributed by atoms with van der Waals surface area (Å²) in [5.41, 5.74) is 4.21. The summed E-state index contributed by atoms with van der Waals surface area (Å²) in [5, 5.41) is 9.09. The average molecular weight is 413 g/mol. The topological polar surface area (TPSA) is 66.8 Å². The molecule has 1 aliphatic heterocycles. The molecule has 5 nitrogen and oxygen atoms in total. The van der Waals surface area contributed by atoms with Crippen LogP contribution in [0, 0.1) is 23.7 Å². The zero-order valence-electron chi connectivity index (χ0n) is 17.4. The Labute approximate surface area is 182 Å². The maximum Gasteiger partial charge on any atom is 0.407 e. The molecule has 1 aliphatic rings. The van der Waals surface area contributed by atoms with E-state index in [1.807, 2.05) is 36.4 Å². The molecule has 156 valence electrons. The Kier molecular flexibility index (Phi) is 7.51. The molecule has 0 saturated heterocycles. The van der Waals surface area contributed by atoms with E-state index in [2.05, 4.69) is 23.7 Å². The number of amides is 1. The first-order valence-electron chi connectivity index (χ1n) is 10.0. The van der Waals surface area contributed by atoms with Gasteiger partial charge in [-0.25, -0.2) is 9.59 Å². The van der Waals surface area contributed by atoms with Crippen LogP contribution in [0.4, 0.5) is 4.79 Å². The van der Waals surface area contributed by atoms with Crippen molar-refractivity contribution in [3.8, 4) is 23.7 Å². The highest BCUT2D eigenvalue weighted by atomic mass is 16.5. The van der Waals surface area contributed by atoms with Gasteiger partial charge in [-0.15, -0.1) is 0 Å². The Balaban J connectivity index is 1.49. The summed E-state index contributed by atoms with van der Waals surface area (Å²) in [6.07, 6.45) is 3.35. The molecule has 1 amide bonds. The number of carbonyl (C=O) groups excluding carboxylic acids is 1. The number of carboxylic acid groups (broad SMARTS) is 1. The number of unbranched alkanes of at least 4 members (excludes halogenated alkanes) is 2. The van der Waals surface area contributed by atoms with Crippen LogP contribution in [-0.2, 0) is 4.74 Å². The van der Waals surface area contributed by atoms with Crippen LogP contribution >= 0.6 is 0 Å². The molecule has 3 rings (SSSR count). The van der Waals surface area contributed by atoms with E-state index in [1.54, 1.807) is 18.2 Å². The van der Waals surface area contributed by atoms with Crippen molar-refractivity contribution in [2.45, 2.75) is 19.3 Å². The number of rotatable bonds is 4. The van der Waals surface area contributed by atoms with Crippen LogP contribution in [0.5, 0.6) is 0 Å². The van der Waals surface area contributed by atoms with Gasteiger partial charge in [0.05, 0.1) is 12.7 Å². The molecular weight excluding hydrogens is 390 g/mol. The highest BCUT2D eigenvalue weighted by Gasteiger charge is 2.19. The van der Waals surface area contributed by atoms with E-state index >= 15 is 0 Å². The van der Waals surface area contributed by atoms with Crippen molar-refractivity contribution in [1.29, 1.82) is 0 Å². The van der Waals surface area contributed by atoms with Gasteiger partial charge in [-0.1, -0.05) is 48.0 Å². The standard InChI is InChI=1S/C26H23NO4/c1-31-25(28)23-14-8-12-21(18-23)10-6-4-2-3-5-9-20-11-7-13-22(17-20)24-15-16-27(19-24)26(29)30/h7-8,11-15,17-18H,2-4,16,19H2,1H3,(H,29,30). The molecule has 0 spiro atoms. The highest BCUT2D eigenvalue weighted by Crippen LogP contribution is 2.21. The van der Waals surface area contributed by atoms with Crippen molar-refractivity contribution < 1.29 is 19.4 Å². The minimum absolute atomic E-state index is 0.369. The summed E-state index contributed by atoms with van der Waals surface area (Å²) in [7, 11) is 1.36. The van der Waals surface area contributed by atoms with Gasteiger partial charge < -0.3 is 14.7 Å². The van der Waals surface area contributed by atoms with E-state index in [9.17, 15) is 9.59 Å². The minimum atomic E-state index is -0.901. The summed E-state index contributed by atoms with van der Waals surface area (Å²) < 4.78 is 4.72. The zero-order chi connectivity index (χ0) is 22.1. The fraction of sp³-hybridized carbons (Fsp3) is 0.231. The SMILES string of the molecule is COC(=O)c1cccc(C#CCCCC#Cc2cccc(C3=CCN(C(=O)O)C3)c2)c1. The molecule has 5 heteroatoms. The Bertz CT molecular complexity index is 1130. The fourth-order valence-electron chi connectivity index (χ4n) is 3.14. The van der Waals surface area contributed by atoms with Crippen LogP contribution in [0.2, 0.25) is 0 Å². The number of hydrogen-bond donors (Lipinski definition) is 1. The number of nitrogens with zero attached hydrogens (tertiary/aromatic N) is 1. The molecule has 0 unspecified atom stereocenters. The van der Waals surface area contributed by atoms with Crippen molar-refractivity contribution in [3.05, 3.63) is 76.9 Å². The Morgan fingerprint density at radius 3 is 2.35 bits per heavy atom. The molecule has 0 fully saturated rings. The van der Waals surface area contributed by atoms with Crippen molar-refractivity contribution in [1.82, 2.24) is 4.90 Å². The molecule has 31 heavy (non-hydrogen) atoms. The monoisotopic (exact) mass is 413 g/mol.